The molecule has 6 N–H and O–H groups in total. The standard InChI is InChI=1S/C27H36N4O7/c1-17(32)23(24(28)34)31-25(35)21(30-22(33)15-29-26(36)38-27(2,3)4)14-18-10-12-20(13-11-18)37-16-19-8-6-5-7-9-19/h5-13,17,21,23,32H,14-16H2,1-4H3,(H2,28,34)(H,29,36)(H,30,33)(H,31,35). The summed E-state index contributed by atoms with van der Waals surface area (Å²) in [5.41, 5.74) is 6.23. The van der Waals surface area contributed by atoms with E-state index < -0.39 is 54.1 Å². The summed E-state index contributed by atoms with van der Waals surface area (Å²) in [6.07, 6.45) is -1.99. The van der Waals surface area contributed by atoms with Crippen molar-refractivity contribution in [2.75, 3.05) is 6.54 Å². The SMILES string of the molecule is CC(O)C(NC(=O)C(Cc1ccc(OCc2ccccc2)cc1)NC(=O)CNC(=O)OC(C)(C)C)C(N)=O. The maximum absolute atomic E-state index is 13.0. The molecule has 0 aliphatic rings. The van der Waals surface area contributed by atoms with Crippen LogP contribution in [0.15, 0.2) is 54.6 Å². The first-order valence-corrected chi connectivity index (χ1v) is 12.1. The number of hydrogen-bond donors (Lipinski definition) is 5. The number of rotatable bonds is 12. The molecule has 0 aliphatic heterocycles. The van der Waals surface area contributed by atoms with Crippen LogP contribution in [0.25, 0.3) is 0 Å². The largest absolute Gasteiger partial charge is 0.489 e. The van der Waals surface area contributed by atoms with Crippen LogP contribution < -0.4 is 26.4 Å². The lowest BCUT2D eigenvalue weighted by atomic mass is 10.0. The molecule has 0 bridgehead atoms. The van der Waals surface area contributed by atoms with Gasteiger partial charge in [0.05, 0.1) is 6.10 Å². The van der Waals surface area contributed by atoms with Crippen molar-refractivity contribution < 1.29 is 33.8 Å². The minimum absolute atomic E-state index is 0.0499. The number of nitrogens with two attached hydrogens (primary N) is 1. The molecule has 2 aromatic rings. The number of aliphatic hydroxyl groups is 1. The molecule has 38 heavy (non-hydrogen) atoms. The van der Waals surface area contributed by atoms with Gasteiger partial charge in [-0.25, -0.2) is 4.79 Å². The van der Waals surface area contributed by atoms with E-state index in [2.05, 4.69) is 16.0 Å². The Bertz CT molecular complexity index is 1080. The van der Waals surface area contributed by atoms with Crippen LogP contribution >= 0.6 is 0 Å². The summed E-state index contributed by atoms with van der Waals surface area (Å²) in [6, 6.07) is 14.1. The van der Waals surface area contributed by atoms with Crippen LogP contribution in [0.5, 0.6) is 5.75 Å². The van der Waals surface area contributed by atoms with E-state index in [4.69, 9.17) is 15.2 Å². The Balaban J connectivity index is 2.07. The van der Waals surface area contributed by atoms with Crippen LogP contribution in [0.2, 0.25) is 0 Å². The van der Waals surface area contributed by atoms with Crippen LogP contribution in [-0.2, 0) is 32.1 Å². The lowest BCUT2D eigenvalue weighted by molar-refractivity contribution is -0.132. The predicted molar refractivity (Wildman–Crippen MR) is 140 cm³/mol. The van der Waals surface area contributed by atoms with Crippen LogP contribution in [0.3, 0.4) is 0 Å². The second-order valence-corrected chi connectivity index (χ2v) is 9.73. The molecular weight excluding hydrogens is 492 g/mol. The van der Waals surface area contributed by atoms with Crippen LogP contribution in [0.4, 0.5) is 4.79 Å². The van der Waals surface area contributed by atoms with Crippen LogP contribution in [-0.4, -0.2) is 59.3 Å². The minimum Gasteiger partial charge on any atom is -0.489 e. The minimum atomic E-state index is -1.35. The molecule has 3 atom stereocenters. The second kappa shape index (κ2) is 14.0. The van der Waals surface area contributed by atoms with Gasteiger partial charge < -0.3 is 36.3 Å². The summed E-state index contributed by atoms with van der Waals surface area (Å²) >= 11 is 0. The van der Waals surface area contributed by atoms with E-state index in [1.807, 2.05) is 30.3 Å². The molecule has 3 unspecified atom stereocenters. The number of nitrogens with one attached hydrogen (secondary N) is 3. The van der Waals surface area contributed by atoms with Gasteiger partial charge in [0, 0.05) is 6.42 Å². The van der Waals surface area contributed by atoms with Gasteiger partial charge in [-0.1, -0.05) is 42.5 Å². The monoisotopic (exact) mass is 528 g/mol. The lowest BCUT2D eigenvalue weighted by Crippen LogP contribution is -2.57. The highest BCUT2D eigenvalue weighted by molar-refractivity contribution is 5.92. The van der Waals surface area contributed by atoms with Gasteiger partial charge in [0.25, 0.3) is 0 Å². The Morgan fingerprint density at radius 1 is 0.947 bits per heavy atom. The summed E-state index contributed by atoms with van der Waals surface area (Å²) in [4.78, 5) is 49.0. The molecule has 2 rings (SSSR count). The number of benzene rings is 2. The van der Waals surface area contributed by atoms with Crippen molar-refractivity contribution in [1.82, 2.24) is 16.0 Å². The quantitative estimate of drug-likeness (QED) is 0.275. The van der Waals surface area contributed by atoms with E-state index >= 15 is 0 Å². The average molecular weight is 529 g/mol. The zero-order valence-electron chi connectivity index (χ0n) is 22.0. The van der Waals surface area contributed by atoms with E-state index in [-0.39, 0.29) is 6.42 Å². The van der Waals surface area contributed by atoms with Gasteiger partial charge in [-0.3, -0.25) is 14.4 Å². The molecule has 11 nitrogen and oxygen atoms in total. The highest BCUT2D eigenvalue weighted by atomic mass is 16.6. The van der Waals surface area contributed by atoms with Crippen molar-refractivity contribution >= 4 is 23.8 Å². The Morgan fingerprint density at radius 2 is 1.58 bits per heavy atom. The molecule has 0 radical (unpaired) electrons. The van der Waals surface area contributed by atoms with Gasteiger partial charge >= 0.3 is 6.09 Å². The molecule has 0 aliphatic carbocycles. The molecule has 11 heteroatoms. The van der Waals surface area contributed by atoms with Crippen LogP contribution in [0, 0.1) is 0 Å². The van der Waals surface area contributed by atoms with E-state index in [1.165, 1.54) is 6.92 Å². The highest BCUT2D eigenvalue weighted by Crippen LogP contribution is 2.16. The molecule has 0 saturated heterocycles. The number of carbonyl (C=O) groups excluding carboxylic acids is 4. The molecule has 0 heterocycles. The molecule has 0 fully saturated rings. The predicted octanol–water partition coefficient (Wildman–Crippen LogP) is 1.17. The smallest absolute Gasteiger partial charge is 0.408 e. The number of ether oxygens (including phenoxy) is 2. The number of amides is 4. The van der Waals surface area contributed by atoms with Gasteiger partial charge in [0.2, 0.25) is 17.7 Å². The number of hydrogen-bond acceptors (Lipinski definition) is 7. The molecule has 206 valence electrons. The first-order valence-electron chi connectivity index (χ1n) is 12.1. The normalized spacial score (nSPS) is 13.4. The third kappa shape index (κ3) is 10.9. The Labute approximate surface area is 222 Å². The van der Waals surface area contributed by atoms with E-state index in [0.717, 1.165) is 5.56 Å². The van der Waals surface area contributed by atoms with Crippen molar-refractivity contribution in [3.63, 3.8) is 0 Å². The van der Waals surface area contributed by atoms with E-state index in [0.29, 0.717) is 17.9 Å². The second-order valence-electron chi connectivity index (χ2n) is 9.73. The van der Waals surface area contributed by atoms with Gasteiger partial charge in [0.1, 0.15) is 36.6 Å². The fraction of sp³-hybridized carbons (Fsp3) is 0.407. The Hall–Kier alpha value is -4.12. The molecular formula is C27H36N4O7. The Kier molecular flexibility index (Phi) is 11.1. The highest BCUT2D eigenvalue weighted by Gasteiger charge is 2.29. The van der Waals surface area contributed by atoms with Gasteiger partial charge in [-0.2, -0.15) is 0 Å². The topological polar surface area (TPSA) is 169 Å². The molecule has 0 spiro atoms. The van der Waals surface area contributed by atoms with Crippen LogP contribution in [0.1, 0.15) is 38.8 Å². The molecule has 0 saturated carbocycles. The summed E-state index contributed by atoms with van der Waals surface area (Å²) in [5, 5.41) is 17.0. The first-order chi connectivity index (χ1) is 17.8. The maximum atomic E-state index is 13.0. The zero-order valence-corrected chi connectivity index (χ0v) is 22.0. The van der Waals surface area contributed by atoms with Gasteiger partial charge in [0.15, 0.2) is 0 Å². The summed E-state index contributed by atoms with van der Waals surface area (Å²) in [5.74, 6) is -1.70. The van der Waals surface area contributed by atoms with Crippen molar-refractivity contribution in [2.24, 2.45) is 5.73 Å². The summed E-state index contributed by atoms with van der Waals surface area (Å²) < 4.78 is 10.9. The summed E-state index contributed by atoms with van der Waals surface area (Å²) in [6.45, 7) is 6.30. The summed E-state index contributed by atoms with van der Waals surface area (Å²) in [7, 11) is 0. The fourth-order valence-electron chi connectivity index (χ4n) is 3.30. The molecule has 2 aromatic carbocycles. The molecule has 4 amide bonds. The first kappa shape index (κ1) is 30.1. The van der Waals surface area contributed by atoms with Gasteiger partial charge in [-0.05, 0) is 51.0 Å². The van der Waals surface area contributed by atoms with Gasteiger partial charge in [-0.15, -0.1) is 0 Å². The number of primary amides is 1. The third-order valence-electron chi connectivity index (χ3n) is 5.14. The molecule has 0 aromatic heterocycles. The van der Waals surface area contributed by atoms with E-state index in [9.17, 15) is 24.3 Å². The number of alkyl carbamates (subject to hydrolysis) is 1. The lowest BCUT2D eigenvalue weighted by Gasteiger charge is -2.24. The van der Waals surface area contributed by atoms with Crippen molar-refractivity contribution in [3.05, 3.63) is 65.7 Å². The fourth-order valence-corrected chi connectivity index (χ4v) is 3.30. The average Bonchev–Trinajstić information content (AvgIpc) is 2.84. The maximum Gasteiger partial charge on any atom is 0.408 e. The van der Waals surface area contributed by atoms with E-state index in [1.54, 1.807) is 45.0 Å². The van der Waals surface area contributed by atoms with Crippen molar-refractivity contribution in [2.45, 2.75) is 64.5 Å². The number of aliphatic hydroxyl groups excluding tert-OH is 1. The van der Waals surface area contributed by atoms with Crippen molar-refractivity contribution in [1.29, 1.82) is 0 Å². The zero-order chi connectivity index (χ0) is 28.3. The number of carbonyl (C=O) groups is 4. The van der Waals surface area contributed by atoms with Crippen molar-refractivity contribution in [3.8, 4) is 5.75 Å². The third-order valence-corrected chi connectivity index (χ3v) is 5.14. The Morgan fingerprint density at radius 3 is 2.13 bits per heavy atom.